The number of benzene rings is 1. The first-order chi connectivity index (χ1) is 15.2. The van der Waals surface area contributed by atoms with E-state index in [2.05, 4.69) is 52.7 Å². The lowest BCUT2D eigenvalue weighted by Gasteiger charge is -2.31. The van der Waals surface area contributed by atoms with Gasteiger partial charge in [0.05, 0.1) is 25.8 Å². The van der Waals surface area contributed by atoms with Crippen molar-refractivity contribution < 1.29 is 9.53 Å². The number of aliphatic imine (C=N–C) groups is 3. The molecule has 2 N–H and O–H groups in total. The fraction of sp³-hybridized carbons (Fsp3) is 0.565. The van der Waals surface area contributed by atoms with Gasteiger partial charge in [0.15, 0.2) is 6.17 Å². The van der Waals surface area contributed by atoms with Crippen LogP contribution in [0.25, 0.3) is 0 Å². The highest BCUT2D eigenvalue weighted by atomic mass is 16.5. The second kappa shape index (κ2) is 13.0. The molecule has 1 fully saturated rings. The summed E-state index contributed by atoms with van der Waals surface area (Å²) in [5, 5.41) is 6.06. The van der Waals surface area contributed by atoms with E-state index in [-0.39, 0.29) is 24.4 Å². The lowest BCUT2D eigenvalue weighted by molar-refractivity contribution is -0.111. The minimum atomic E-state index is -0.159. The molecule has 1 aromatic rings. The summed E-state index contributed by atoms with van der Waals surface area (Å²) in [5.74, 6) is 0.766. The summed E-state index contributed by atoms with van der Waals surface area (Å²) in [6.45, 7) is 10.3. The molecule has 1 saturated heterocycles. The van der Waals surface area contributed by atoms with Gasteiger partial charge < -0.3 is 25.1 Å². The lowest BCUT2D eigenvalue weighted by Crippen LogP contribution is -2.50. The van der Waals surface area contributed by atoms with Crippen molar-refractivity contribution in [2.45, 2.75) is 59.1 Å². The zero-order valence-electron chi connectivity index (χ0n) is 19.3. The third-order valence-electron chi connectivity index (χ3n) is 5.07. The highest BCUT2D eigenvalue weighted by Gasteiger charge is 2.42. The first-order valence-electron chi connectivity index (χ1n) is 11.1. The largest absolute Gasteiger partial charge is 0.358 e. The van der Waals surface area contributed by atoms with E-state index in [9.17, 15) is 4.79 Å². The fourth-order valence-electron chi connectivity index (χ4n) is 3.40. The van der Waals surface area contributed by atoms with Gasteiger partial charge in [0, 0.05) is 12.3 Å². The predicted octanol–water partition coefficient (Wildman–Crippen LogP) is 2.38. The van der Waals surface area contributed by atoms with Gasteiger partial charge in [-0.15, -0.1) is 0 Å². The highest BCUT2D eigenvalue weighted by Crippen LogP contribution is 2.28. The van der Waals surface area contributed by atoms with Crippen molar-refractivity contribution in [2.24, 2.45) is 20.9 Å². The molecule has 1 aromatic carbocycles. The molecule has 0 saturated carbocycles. The molecule has 0 aromatic heterocycles. The Morgan fingerprint density at radius 3 is 2.77 bits per heavy atom. The van der Waals surface area contributed by atoms with Gasteiger partial charge in [-0.3, -0.25) is 9.98 Å². The molecule has 0 aliphatic carbocycles. The van der Waals surface area contributed by atoms with Gasteiger partial charge >= 0.3 is 0 Å². The Bertz CT molecular complexity index is 777. The van der Waals surface area contributed by atoms with Crippen LogP contribution >= 0.6 is 0 Å². The maximum atomic E-state index is 11.0. The quantitative estimate of drug-likeness (QED) is 0.703. The van der Waals surface area contributed by atoms with E-state index < -0.39 is 0 Å². The summed E-state index contributed by atoms with van der Waals surface area (Å²) >= 11 is 0. The Balaban J connectivity index is 0.000000513. The molecule has 4 unspecified atom stereocenters. The molecule has 3 aliphatic rings. The number of aryl methyl sites for hydroxylation is 1. The molecule has 8 nitrogen and oxygen atoms in total. The number of rotatable bonds is 5. The van der Waals surface area contributed by atoms with Crippen LogP contribution in [-0.4, -0.2) is 68.3 Å². The molecule has 3 heterocycles. The Labute approximate surface area is 185 Å². The van der Waals surface area contributed by atoms with Gasteiger partial charge in [-0.25, -0.2) is 4.99 Å². The number of hydrogen-bond acceptors (Lipinski definition) is 7. The van der Waals surface area contributed by atoms with E-state index in [0.717, 1.165) is 18.7 Å². The molecule has 0 spiro atoms. The minimum absolute atomic E-state index is 0.0439. The van der Waals surface area contributed by atoms with E-state index in [1.165, 1.54) is 11.1 Å². The van der Waals surface area contributed by atoms with Crippen molar-refractivity contribution in [2.75, 3.05) is 20.2 Å². The van der Waals surface area contributed by atoms with Crippen molar-refractivity contribution >= 4 is 24.8 Å². The number of fused-ring (bicyclic) bond motifs is 1. The summed E-state index contributed by atoms with van der Waals surface area (Å²) in [7, 11) is 1.93. The average Bonchev–Trinajstić information content (AvgIpc) is 3.46. The number of hydrogen-bond donors (Lipinski definition) is 2. The minimum Gasteiger partial charge on any atom is -0.358 e. The lowest BCUT2D eigenvalue weighted by atomic mass is 10.1. The van der Waals surface area contributed by atoms with Crippen LogP contribution in [0.3, 0.4) is 0 Å². The fourth-order valence-corrected chi connectivity index (χ4v) is 3.40. The second-order valence-corrected chi connectivity index (χ2v) is 7.31. The molecule has 31 heavy (non-hydrogen) atoms. The Morgan fingerprint density at radius 1 is 1.35 bits per heavy atom. The molecule has 0 amide bonds. The average molecular weight is 429 g/mol. The second-order valence-electron chi connectivity index (χ2n) is 7.31. The topological polar surface area (TPSA) is 90.7 Å². The van der Waals surface area contributed by atoms with Crippen LogP contribution < -0.4 is 10.6 Å². The van der Waals surface area contributed by atoms with Gasteiger partial charge in [-0.1, -0.05) is 50.6 Å². The van der Waals surface area contributed by atoms with Crippen LogP contribution in [0.2, 0.25) is 0 Å². The Morgan fingerprint density at radius 2 is 2.13 bits per heavy atom. The van der Waals surface area contributed by atoms with Gasteiger partial charge in [-0.2, -0.15) is 0 Å². The first-order valence-corrected chi connectivity index (χ1v) is 11.1. The summed E-state index contributed by atoms with van der Waals surface area (Å²) in [5.41, 5.74) is 2.39. The van der Waals surface area contributed by atoms with E-state index in [1.54, 1.807) is 12.7 Å². The van der Waals surface area contributed by atoms with Crippen molar-refractivity contribution in [1.29, 1.82) is 0 Å². The van der Waals surface area contributed by atoms with E-state index in [1.807, 2.05) is 31.9 Å². The molecule has 4 atom stereocenters. The van der Waals surface area contributed by atoms with Crippen molar-refractivity contribution in [1.82, 2.24) is 15.5 Å². The number of aldehydes is 1. The van der Waals surface area contributed by atoms with Crippen LogP contribution in [0.1, 0.15) is 38.3 Å². The Hall–Kier alpha value is -2.58. The first kappa shape index (κ1) is 24.7. The van der Waals surface area contributed by atoms with Crippen LogP contribution in [0.15, 0.2) is 39.2 Å². The number of ether oxygens (including phenoxy) is 1. The summed E-state index contributed by atoms with van der Waals surface area (Å²) in [6.07, 6.45) is 4.78. The smallest absolute Gasteiger partial charge is 0.155 e. The highest BCUT2D eigenvalue weighted by molar-refractivity contribution is 5.99. The van der Waals surface area contributed by atoms with E-state index >= 15 is 0 Å². The van der Waals surface area contributed by atoms with Gasteiger partial charge in [-0.05, 0) is 26.1 Å². The summed E-state index contributed by atoms with van der Waals surface area (Å²) in [6, 6.07) is 8.16. The molecular weight excluding hydrogens is 392 g/mol. The van der Waals surface area contributed by atoms with Gasteiger partial charge in [0.2, 0.25) is 0 Å². The predicted molar refractivity (Wildman–Crippen MR) is 127 cm³/mol. The zero-order chi connectivity index (χ0) is 22.6. The van der Waals surface area contributed by atoms with Gasteiger partial charge in [0.1, 0.15) is 24.4 Å². The SMILES string of the molecule is CC.CCNC.Cc1cccc(CN=C2NC=NC3C2N=CN3C2CC(C=O)CO2)c1. The molecule has 8 heteroatoms. The van der Waals surface area contributed by atoms with Crippen molar-refractivity contribution in [3.8, 4) is 0 Å². The zero-order valence-corrected chi connectivity index (χ0v) is 19.3. The maximum Gasteiger partial charge on any atom is 0.155 e. The van der Waals surface area contributed by atoms with E-state index in [0.29, 0.717) is 19.6 Å². The van der Waals surface area contributed by atoms with Crippen LogP contribution in [0, 0.1) is 12.8 Å². The van der Waals surface area contributed by atoms with E-state index in [4.69, 9.17) is 9.73 Å². The number of carbonyl (C=O) groups excluding carboxylic acids is 1. The monoisotopic (exact) mass is 428 g/mol. The van der Waals surface area contributed by atoms with Gasteiger partial charge in [0.25, 0.3) is 0 Å². The molecule has 170 valence electrons. The third-order valence-corrected chi connectivity index (χ3v) is 5.07. The van der Waals surface area contributed by atoms with Crippen LogP contribution in [0.5, 0.6) is 0 Å². The molecule has 4 rings (SSSR count). The van der Waals surface area contributed by atoms with Crippen LogP contribution in [-0.2, 0) is 16.1 Å². The molecule has 3 aliphatic heterocycles. The molecular formula is C23H36N6O2. The number of carbonyl (C=O) groups is 1. The standard InChI is InChI=1S/C18H21N5O2.C3H9N.C2H6/c1-12-3-2-4-13(5-12)7-19-17-16-18(21-10-20-17)23(11-22-16)15-6-14(8-24)9-25-15;1-3-4-2;1-2/h2-5,8,10-11,14-16,18H,6-7,9H2,1H3,(H,19,20,21);4H,3H2,1-2H3;1-2H3. The summed E-state index contributed by atoms with van der Waals surface area (Å²) < 4.78 is 5.74. The normalized spacial score (nSPS) is 27.0. The molecule has 0 bridgehead atoms. The number of nitrogens with one attached hydrogen (secondary N) is 2. The third kappa shape index (κ3) is 6.70. The van der Waals surface area contributed by atoms with Crippen LogP contribution in [0.4, 0.5) is 0 Å². The Kier molecular flexibility index (Phi) is 10.3. The van der Waals surface area contributed by atoms with Crippen molar-refractivity contribution in [3.05, 3.63) is 35.4 Å². The van der Waals surface area contributed by atoms with Crippen molar-refractivity contribution in [3.63, 3.8) is 0 Å². The number of amidine groups is 1. The maximum absolute atomic E-state index is 11.0. The summed E-state index contributed by atoms with van der Waals surface area (Å²) in [4.78, 5) is 26.7. The number of nitrogens with zero attached hydrogens (tertiary/aromatic N) is 4. The molecule has 0 radical (unpaired) electrons.